The van der Waals surface area contributed by atoms with E-state index < -0.39 is 5.54 Å². The van der Waals surface area contributed by atoms with Crippen molar-refractivity contribution in [2.45, 2.75) is 32.7 Å². The van der Waals surface area contributed by atoms with Gasteiger partial charge >= 0.3 is 0 Å². The average molecular weight is 192 g/mol. The minimum atomic E-state index is -0.488. The van der Waals surface area contributed by atoms with Crippen LogP contribution < -0.4 is 5.32 Å². The maximum Gasteiger partial charge on any atom is 0.217 e. The molecule has 0 spiro atoms. The first-order valence-corrected chi connectivity index (χ1v) is 4.27. The smallest absolute Gasteiger partial charge is 0.217 e. The van der Waals surface area contributed by atoms with Crippen molar-refractivity contribution < 1.29 is 9.59 Å². The molecule has 0 heterocycles. The van der Waals surface area contributed by atoms with Gasteiger partial charge in [0.25, 0.3) is 0 Å². The molecule has 0 aliphatic carbocycles. The second kappa shape index (κ2) is 4.45. The Morgan fingerprint density at radius 1 is 1.42 bits per heavy atom. The number of ketones is 1. The van der Waals surface area contributed by atoms with Crippen LogP contribution >= 0.6 is 11.6 Å². The summed E-state index contributed by atoms with van der Waals surface area (Å²) in [7, 11) is 0. The van der Waals surface area contributed by atoms with Crippen molar-refractivity contribution in [1.29, 1.82) is 0 Å². The maximum absolute atomic E-state index is 10.9. The number of carbonyl (C=O) groups is 2. The zero-order chi connectivity index (χ0) is 9.78. The topological polar surface area (TPSA) is 46.2 Å². The molecule has 12 heavy (non-hydrogen) atoms. The summed E-state index contributed by atoms with van der Waals surface area (Å²) in [5.41, 5.74) is -0.488. The minimum absolute atomic E-state index is 0.00299. The van der Waals surface area contributed by atoms with E-state index in [1.54, 1.807) is 13.8 Å². The normalized spacial score (nSPS) is 11.0. The number of nitrogens with one attached hydrogen (secondary N) is 1. The fourth-order valence-corrected chi connectivity index (χ4v) is 1.16. The Labute approximate surface area is 77.5 Å². The highest BCUT2D eigenvalue weighted by molar-refractivity contribution is 6.27. The highest BCUT2D eigenvalue weighted by Gasteiger charge is 2.21. The molecule has 70 valence electrons. The van der Waals surface area contributed by atoms with E-state index in [2.05, 4.69) is 5.32 Å². The lowest BCUT2D eigenvalue weighted by Gasteiger charge is -2.24. The molecule has 0 aromatic carbocycles. The van der Waals surface area contributed by atoms with Crippen LogP contribution in [-0.4, -0.2) is 23.1 Å². The lowest BCUT2D eigenvalue weighted by Crippen LogP contribution is -2.44. The van der Waals surface area contributed by atoms with Crippen LogP contribution in [0.4, 0.5) is 0 Å². The Balaban J connectivity index is 4.03. The standard InChI is InChI=1S/C8H14ClNO2/c1-6(11)10-8(2,3)4-7(12)5-9/h4-5H2,1-3H3,(H,10,11). The minimum Gasteiger partial charge on any atom is -0.351 e. The van der Waals surface area contributed by atoms with Crippen LogP contribution in [0.1, 0.15) is 27.2 Å². The van der Waals surface area contributed by atoms with Gasteiger partial charge in [0.1, 0.15) is 5.78 Å². The summed E-state index contributed by atoms with van der Waals surface area (Å²) in [6.07, 6.45) is 0.274. The monoisotopic (exact) mass is 191 g/mol. The summed E-state index contributed by atoms with van der Waals surface area (Å²) >= 11 is 5.33. The molecule has 0 rings (SSSR count). The Morgan fingerprint density at radius 3 is 2.25 bits per heavy atom. The van der Waals surface area contributed by atoms with Gasteiger partial charge in [-0.05, 0) is 13.8 Å². The quantitative estimate of drug-likeness (QED) is 0.677. The third-order valence-corrected chi connectivity index (χ3v) is 1.60. The first-order valence-electron chi connectivity index (χ1n) is 3.74. The van der Waals surface area contributed by atoms with Crippen LogP contribution in [0.5, 0.6) is 0 Å². The fraction of sp³-hybridized carbons (Fsp3) is 0.750. The number of alkyl halides is 1. The molecule has 3 nitrogen and oxygen atoms in total. The van der Waals surface area contributed by atoms with E-state index in [9.17, 15) is 9.59 Å². The second-order valence-corrected chi connectivity index (χ2v) is 3.68. The molecule has 0 fully saturated rings. The highest BCUT2D eigenvalue weighted by atomic mass is 35.5. The van der Waals surface area contributed by atoms with E-state index in [4.69, 9.17) is 11.6 Å². The molecule has 0 saturated heterocycles. The molecular formula is C8H14ClNO2. The van der Waals surface area contributed by atoms with E-state index in [1.165, 1.54) is 6.92 Å². The number of carbonyl (C=O) groups excluding carboxylic acids is 2. The molecule has 1 amide bonds. The van der Waals surface area contributed by atoms with E-state index in [0.29, 0.717) is 0 Å². The van der Waals surface area contributed by atoms with Crippen molar-refractivity contribution in [1.82, 2.24) is 5.32 Å². The predicted octanol–water partition coefficient (Wildman–Crippen LogP) is 1.10. The summed E-state index contributed by atoms with van der Waals surface area (Å²) in [4.78, 5) is 21.6. The molecule has 0 unspecified atom stereocenters. The SMILES string of the molecule is CC(=O)NC(C)(C)CC(=O)CCl. The Bertz CT molecular complexity index is 189. The van der Waals surface area contributed by atoms with Crippen molar-refractivity contribution in [2.24, 2.45) is 0 Å². The third kappa shape index (κ3) is 5.13. The largest absolute Gasteiger partial charge is 0.351 e. The molecule has 0 aliphatic rings. The van der Waals surface area contributed by atoms with Gasteiger partial charge in [-0.15, -0.1) is 11.6 Å². The maximum atomic E-state index is 10.9. The molecule has 0 bridgehead atoms. The first kappa shape index (κ1) is 11.4. The van der Waals surface area contributed by atoms with Gasteiger partial charge in [0, 0.05) is 18.9 Å². The van der Waals surface area contributed by atoms with Crippen LogP contribution in [-0.2, 0) is 9.59 Å². The van der Waals surface area contributed by atoms with Crippen LogP contribution in [0.2, 0.25) is 0 Å². The number of Topliss-reactive ketones (excluding diaryl/α,β-unsaturated/α-hetero) is 1. The molecule has 0 aromatic heterocycles. The molecule has 1 N–H and O–H groups in total. The van der Waals surface area contributed by atoms with E-state index >= 15 is 0 Å². The number of hydrogen-bond acceptors (Lipinski definition) is 2. The Morgan fingerprint density at radius 2 is 1.92 bits per heavy atom. The van der Waals surface area contributed by atoms with Gasteiger partial charge in [0.2, 0.25) is 5.91 Å². The summed E-state index contributed by atoms with van der Waals surface area (Å²) < 4.78 is 0. The van der Waals surface area contributed by atoms with E-state index in [0.717, 1.165) is 0 Å². The van der Waals surface area contributed by atoms with Gasteiger partial charge in [-0.1, -0.05) is 0 Å². The van der Waals surface area contributed by atoms with Crippen molar-refractivity contribution in [3.05, 3.63) is 0 Å². The van der Waals surface area contributed by atoms with Crippen molar-refractivity contribution >= 4 is 23.3 Å². The van der Waals surface area contributed by atoms with Gasteiger partial charge in [-0.2, -0.15) is 0 Å². The molecule has 0 radical (unpaired) electrons. The summed E-state index contributed by atoms with van der Waals surface area (Å²) in [5.74, 6) is -0.194. The van der Waals surface area contributed by atoms with Gasteiger partial charge in [0.05, 0.1) is 5.88 Å². The second-order valence-electron chi connectivity index (χ2n) is 3.41. The molecular weight excluding hydrogens is 178 g/mol. The predicted molar refractivity (Wildman–Crippen MR) is 48.2 cm³/mol. The van der Waals surface area contributed by atoms with Gasteiger partial charge in [-0.25, -0.2) is 0 Å². The van der Waals surface area contributed by atoms with Crippen molar-refractivity contribution in [2.75, 3.05) is 5.88 Å². The van der Waals surface area contributed by atoms with Crippen LogP contribution in [0.25, 0.3) is 0 Å². The number of amides is 1. The Hall–Kier alpha value is -0.570. The van der Waals surface area contributed by atoms with Crippen LogP contribution in [0, 0.1) is 0 Å². The summed E-state index contributed by atoms with van der Waals surface area (Å²) in [5, 5.41) is 2.67. The lowest BCUT2D eigenvalue weighted by molar-refractivity contribution is -0.121. The summed E-state index contributed by atoms with van der Waals surface area (Å²) in [6, 6.07) is 0. The van der Waals surface area contributed by atoms with Gasteiger partial charge in [0.15, 0.2) is 0 Å². The molecule has 0 aromatic rings. The molecule has 4 heteroatoms. The zero-order valence-electron chi connectivity index (χ0n) is 7.61. The molecule has 0 saturated carbocycles. The zero-order valence-corrected chi connectivity index (χ0v) is 8.36. The van der Waals surface area contributed by atoms with Crippen LogP contribution in [0.15, 0.2) is 0 Å². The highest BCUT2D eigenvalue weighted by Crippen LogP contribution is 2.08. The first-order chi connectivity index (χ1) is 5.37. The fourth-order valence-electron chi connectivity index (χ4n) is 1.06. The van der Waals surface area contributed by atoms with Gasteiger partial charge in [-0.3, -0.25) is 9.59 Å². The number of hydrogen-bond donors (Lipinski definition) is 1. The third-order valence-electron chi connectivity index (χ3n) is 1.30. The average Bonchev–Trinajstić information content (AvgIpc) is 1.83. The summed E-state index contributed by atoms with van der Waals surface area (Å²) in [6.45, 7) is 5.00. The van der Waals surface area contributed by atoms with Gasteiger partial charge < -0.3 is 5.32 Å². The van der Waals surface area contributed by atoms with Crippen LogP contribution in [0.3, 0.4) is 0 Å². The van der Waals surface area contributed by atoms with E-state index in [1.807, 2.05) is 0 Å². The Kier molecular flexibility index (Phi) is 4.24. The van der Waals surface area contributed by atoms with E-state index in [-0.39, 0.29) is 24.0 Å². The number of halogens is 1. The number of rotatable bonds is 4. The molecule has 0 aliphatic heterocycles. The molecule has 0 atom stereocenters. The van der Waals surface area contributed by atoms with Crippen molar-refractivity contribution in [3.63, 3.8) is 0 Å². The van der Waals surface area contributed by atoms with Crippen molar-refractivity contribution in [3.8, 4) is 0 Å². The lowest BCUT2D eigenvalue weighted by atomic mass is 9.98.